The number of primary amides is 1. The van der Waals surface area contributed by atoms with Crippen molar-refractivity contribution in [3.8, 4) is 0 Å². The number of halogens is 1. The summed E-state index contributed by atoms with van der Waals surface area (Å²) in [6, 6.07) is 11.3. The molecule has 164 valence electrons. The highest BCUT2D eigenvalue weighted by atomic mass is 35.5. The van der Waals surface area contributed by atoms with Crippen LogP contribution in [0.1, 0.15) is 40.6 Å². The van der Waals surface area contributed by atoms with E-state index in [0.717, 1.165) is 34.8 Å². The fourth-order valence-corrected chi connectivity index (χ4v) is 4.80. The average Bonchev–Trinajstić information content (AvgIpc) is 3.19. The zero-order valence-electron chi connectivity index (χ0n) is 17.9. The average molecular weight is 451 g/mol. The van der Waals surface area contributed by atoms with Crippen molar-refractivity contribution < 1.29 is 9.21 Å². The lowest BCUT2D eigenvalue weighted by Crippen LogP contribution is -2.38. The molecule has 1 saturated heterocycles. The highest BCUT2D eigenvalue weighted by Gasteiger charge is 2.29. The Hall–Kier alpha value is -3.32. The summed E-state index contributed by atoms with van der Waals surface area (Å²) in [6.07, 6.45) is 1.56. The minimum Gasteiger partial charge on any atom is -0.440 e. The first-order chi connectivity index (χ1) is 15.3. The molecule has 1 aliphatic heterocycles. The van der Waals surface area contributed by atoms with Crippen molar-refractivity contribution in [2.45, 2.75) is 25.7 Å². The number of amides is 1. The van der Waals surface area contributed by atoms with Crippen LogP contribution in [0, 0.1) is 6.92 Å². The Bertz CT molecular complexity index is 1430. The van der Waals surface area contributed by atoms with Crippen molar-refractivity contribution in [1.29, 1.82) is 0 Å². The van der Waals surface area contributed by atoms with Crippen molar-refractivity contribution >= 4 is 45.2 Å². The Morgan fingerprint density at radius 2 is 1.94 bits per heavy atom. The van der Waals surface area contributed by atoms with Crippen molar-refractivity contribution in [3.63, 3.8) is 0 Å². The van der Waals surface area contributed by atoms with Crippen LogP contribution in [-0.2, 0) is 7.05 Å². The van der Waals surface area contributed by atoms with E-state index in [1.54, 1.807) is 19.2 Å². The molecule has 0 spiro atoms. The summed E-state index contributed by atoms with van der Waals surface area (Å²) < 4.78 is 7.47. The van der Waals surface area contributed by atoms with Crippen molar-refractivity contribution in [2.75, 3.05) is 18.0 Å². The van der Waals surface area contributed by atoms with Crippen LogP contribution >= 0.6 is 11.6 Å². The van der Waals surface area contributed by atoms with Gasteiger partial charge in [0.05, 0.1) is 11.2 Å². The third-order valence-electron chi connectivity index (χ3n) is 6.30. The highest BCUT2D eigenvalue weighted by molar-refractivity contribution is 6.31. The van der Waals surface area contributed by atoms with Crippen molar-refractivity contribution in [1.82, 2.24) is 9.55 Å². The normalized spacial score (nSPS) is 15.0. The summed E-state index contributed by atoms with van der Waals surface area (Å²) in [7, 11) is 1.67. The molecule has 8 heteroatoms. The van der Waals surface area contributed by atoms with Crippen LogP contribution in [0.3, 0.4) is 0 Å². The molecule has 7 nitrogen and oxygen atoms in total. The number of aromatic nitrogens is 2. The van der Waals surface area contributed by atoms with Crippen LogP contribution in [0.25, 0.3) is 22.0 Å². The molecule has 1 fully saturated rings. The molecule has 0 unspecified atom stereocenters. The van der Waals surface area contributed by atoms with Crippen molar-refractivity contribution in [2.24, 2.45) is 12.8 Å². The van der Waals surface area contributed by atoms with E-state index in [0.29, 0.717) is 35.3 Å². The zero-order valence-corrected chi connectivity index (χ0v) is 18.6. The number of carbonyl (C=O) groups is 1. The zero-order chi connectivity index (χ0) is 22.6. The van der Waals surface area contributed by atoms with Gasteiger partial charge in [-0.2, -0.15) is 0 Å². The number of hydrogen-bond acceptors (Lipinski definition) is 5. The molecule has 2 N–H and O–H groups in total. The standard InChI is InChI=1S/C24H23ClN4O3/c1-13-3-6-18-16(11-13)21(20(22(26)30)24(31)28(18)2)29-9-7-14(8-10-29)23-27-17-5-4-15(25)12-19(17)32-23/h3-6,11-12,14H,7-10H2,1-2H3,(H2,26,30). The molecule has 2 aromatic carbocycles. The Labute approximate surface area is 189 Å². The Kier molecular flexibility index (Phi) is 4.93. The first-order valence-electron chi connectivity index (χ1n) is 10.6. The summed E-state index contributed by atoms with van der Waals surface area (Å²) in [5, 5.41) is 1.47. The van der Waals surface area contributed by atoms with Gasteiger partial charge >= 0.3 is 0 Å². The van der Waals surface area contributed by atoms with Crippen LogP contribution < -0.4 is 16.2 Å². The third-order valence-corrected chi connectivity index (χ3v) is 6.53. The molecular formula is C24H23ClN4O3. The minimum atomic E-state index is -0.707. The minimum absolute atomic E-state index is 0.0422. The number of aryl methyl sites for hydroxylation is 2. The second-order valence-corrected chi connectivity index (χ2v) is 8.83. The number of rotatable bonds is 3. The van der Waals surface area contributed by atoms with Gasteiger partial charge in [0.25, 0.3) is 11.5 Å². The number of piperidine rings is 1. The largest absolute Gasteiger partial charge is 0.440 e. The molecule has 32 heavy (non-hydrogen) atoms. The van der Waals surface area contributed by atoms with E-state index in [1.807, 2.05) is 31.2 Å². The fourth-order valence-electron chi connectivity index (χ4n) is 4.64. The number of oxazole rings is 1. The van der Waals surface area contributed by atoms with Gasteiger partial charge in [-0.15, -0.1) is 0 Å². The first-order valence-corrected chi connectivity index (χ1v) is 11.0. The number of hydrogen-bond donors (Lipinski definition) is 1. The van der Waals surface area contributed by atoms with Gasteiger partial charge in [0.1, 0.15) is 11.1 Å². The topological polar surface area (TPSA) is 94.4 Å². The molecule has 0 radical (unpaired) electrons. The van der Waals surface area contributed by atoms with Crippen LogP contribution in [-0.4, -0.2) is 28.5 Å². The number of carbonyl (C=O) groups excluding carboxylic acids is 1. The smallest absolute Gasteiger partial charge is 0.265 e. The van der Waals surface area contributed by atoms with E-state index in [4.69, 9.17) is 21.8 Å². The number of benzene rings is 2. The highest BCUT2D eigenvalue weighted by Crippen LogP contribution is 2.36. The quantitative estimate of drug-likeness (QED) is 0.506. The van der Waals surface area contributed by atoms with E-state index in [2.05, 4.69) is 9.88 Å². The predicted molar refractivity (Wildman–Crippen MR) is 126 cm³/mol. The van der Waals surface area contributed by atoms with Crippen molar-refractivity contribution in [3.05, 3.63) is 68.8 Å². The second kappa shape index (κ2) is 7.67. The molecule has 3 heterocycles. The van der Waals surface area contributed by atoms with Gasteiger partial charge in [0.2, 0.25) is 0 Å². The van der Waals surface area contributed by atoms with Gasteiger partial charge in [-0.3, -0.25) is 9.59 Å². The molecule has 1 amide bonds. The van der Waals surface area contributed by atoms with Crippen LogP contribution in [0.2, 0.25) is 5.02 Å². The summed E-state index contributed by atoms with van der Waals surface area (Å²) in [6.45, 7) is 3.30. The molecular weight excluding hydrogens is 428 g/mol. The van der Waals surface area contributed by atoms with Gasteiger partial charge in [-0.1, -0.05) is 23.2 Å². The fraction of sp³-hybridized carbons (Fsp3) is 0.292. The summed E-state index contributed by atoms with van der Waals surface area (Å²) in [5.41, 5.74) is 9.27. The molecule has 2 aromatic heterocycles. The van der Waals surface area contributed by atoms with E-state index < -0.39 is 5.91 Å². The molecule has 1 aliphatic rings. The first kappa shape index (κ1) is 20.6. The Morgan fingerprint density at radius 1 is 1.19 bits per heavy atom. The number of nitrogens with two attached hydrogens (primary N) is 1. The lowest BCUT2D eigenvalue weighted by molar-refractivity contribution is 0.0999. The van der Waals surface area contributed by atoms with Gasteiger partial charge in [-0.05, 0) is 44.0 Å². The second-order valence-electron chi connectivity index (χ2n) is 8.40. The number of fused-ring (bicyclic) bond motifs is 2. The molecule has 5 rings (SSSR count). The summed E-state index contributed by atoms with van der Waals surface area (Å²) >= 11 is 6.06. The number of nitrogens with zero attached hydrogens (tertiary/aromatic N) is 3. The molecule has 0 bridgehead atoms. The van der Waals surface area contributed by atoms with E-state index in [9.17, 15) is 9.59 Å². The summed E-state index contributed by atoms with van der Waals surface area (Å²) in [5.74, 6) is 0.137. The Morgan fingerprint density at radius 3 is 2.66 bits per heavy atom. The lowest BCUT2D eigenvalue weighted by atomic mass is 9.95. The van der Waals surface area contributed by atoms with E-state index in [-0.39, 0.29) is 17.0 Å². The molecule has 4 aromatic rings. The van der Waals surface area contributed by atoms with Crippen LogP contribution in [0.4, 0.5) is 5.69 Å². The lowest BCUT2D eigenvalue weighted by Gasteiger charge is -2.34. The van der Waals surface area contributed by atoms with E-state index in [1.165, 1.54) is 4.57 Å². The van der Waals surface area contributed by atoms with Gasteiger partial charge in [0, 0.05) is 42.5 Å². The van der Waals surface area contributed by atoms with Gasteiger partial charge in [0.15, 0.2) is 11.5 Å². The Balaban J connectivity index is 1.52. The molecule has 0 aliphatic carbocycles. The maximum absolute atomic E-state index is 13.0. The maximum Gasteiger partial charge on any atom is 0.265 e. The number of anilines is 1. The summed E-state index contributed by atoms with van der Waals surface area (Å²) in [4.78, 5) is 32.0. The monoisotopic (exact) mass is 450 g/mol. The molecule has 0 atom stereocenters. The van der Waals surface area contributed by atoms with Crippen LogP contribution in [0.15, 0.2) is 45.6 Å². The van der Waals surface area contributed by atoms with E-state index >= 15 is 0 Å². The third kappa shape index (κ3) is 3.33. The predicted octanol–water partition coefficient (Wildman–Crippen LogP) is 4.12. The SMILES string of the molecule is Cc1ccc2c(c1)c(N1CCC(c3nc4ccc(Cl)cc4o3)CC1)c(C(N)=O)c(=O)n2C. The van der Waals surface area contributed by atoms with Crippen LogP contribution in [0.5, 0.6) is 0 Å². The number of pyridine rings is 1. The van der Waals surface area contributed by atoms with Gasteiger partial charge in [-0.25, -0.2) is 4.98 Å². The van der Waals surface area contributed by atoms with Gasteiger partial charge < -0.3 is 19.6 Å². The molecule has 0 saturated carbocycles. The maximum atomic E-state index is 13.0.